The highest BCUT2D eigenvalue weighted by atomic mass is 79.9. The molecule has 6 nitrogen and oxygen atoms in total. The number of hydrogen-bond donors (Lipinski definition) is 0. The van der Waals surface area contributed by atoms with Crippen molar-refractivity contribution in [1.29, 1.82) is 0 Å². The summed E-state index contributed by atoms with van der Waals surface area (Å²) in [6, 6.07) is 9.81. The number of thioether (sulfide) groups is 1. The number of nitrogens with zero attached hydrogens (tertiary/aromatic N) is 4. The fraction of sp³-hybridized carbons (Fsp3) is 0.250. The van der Waals surface area contributed by atoms with Crippen LogP contribution in [0.25, 0.3) is 11.4 Å². The first-order chi connectivity index (χ1) is 13.5. The Morgan fingerprint density at radius 1 is 1.32 bits per heavy atom. The minimum absolute atomic E-state index is 0.0297. The summed E-state index contributed by atoms with van der Waals surface area (Å²) >= 11 is 4.79. The molecule has 0 aliphatic carbocycles. The topological polar surface area (TPSA) is 64.2 Å². The van der Waals surface area contributed by atoms with Crippen LogP contribution in [0.1, 0.15) is 11.3 Å². The van der Waals surface area contributed by atoms with E-state index in [4.69, 9.17) is 4.42 Å². The van der Waals surface area contributed by atoms with Gasteiger partial charge >= 0.3 is 0 Å². The number of furan rings is 1. The lowest BCUT2D eigenvalue weighted by atomic mass is 10.2. The molecule has 146 valence electrons. The molecule has 2 heterocycles. The van der Waals surface area contributed by atoms with E-state index < -0.39 is 0 Å². The number of aromatic nitrogens is 3. The quantitative estimate of drug-likeness (QED) is 0.364. The van der Waals surface area contributed by atoms with Crippen LogP contribution >= 0.6 is 27.7 Å². The molecule has 0 aliphatic rings. The van der Waals surface area contributed by atoms with Gasteiger partial charge in [0.25, 0.3) is 0 Å². The Balaban J connectivity index is 1.67. The summed E-state index contributed by atoms with van der Waals surface area (Å²) in [5.74, 6) is 1.80. The number of aryl methyl sites for hydroxylation is 1. The first kappa shape index (κ1) is 20.4. The van der Waals surface area contributed by atoms with Gasteiger partial charge in [-0.3, -0.25) is 9.36 Å². The van der Waals surface area contributed by atoms with Gasteiger partial charge in [-0.1, -0.05) is 45.9 Å². The number of carbonyl (C=O) groups is 1. The summed E-state index contributed by atoms with van der Waals surface area (Å²) in [6.07, 6.45) is 3.42. The lowest BCUT2D eigenvalue weighted by Gasteiger charge is -2.17. The van der Waals surface area contributed by atoms with Gasteiger partial charge in [0.15, 0.2) is 11.0 Å². The molecular formula is C20H21BrN4O2S. The second-order valence-electron chi connectivity index (χ2n) is 6.26. The van der Waals surface area contributed by atoms with E-state index in [1.807, 2.05) is 41.8 Å². The van der Waals surface area contributed by atoms with Gasteiger partial charge in [0, 0.05) is 24.6 Å². The van der Waals surface area contributed by atoms with Gasteiger partial charge in [-0.25, -0.2) is 0 Å². The van der Waals surface area contributed by atoms with Crippen LogP contribution in [0, 0.1) is 6.92 Å². The van der Waals surface area contributed by atoms with Gasteiger partial charge in [-0.2, -0.15) is 0 Å². The summed E-state index contributed by atoms with van der Waals surface area (Å²) in [5.41, 5.74) is 1.97. The van der Waals surface area contributed by atoms with E-state index in [9.17, 15) is 4.79 Å². The molecule has 0 spiro atoms. The number of allylic oxidation sites excluding steroid dienone is 1. The largest absolute Gasteiger partial charge is 0.469 e. The molecule has 0 saturated carbocycles. The molecule has 0 atom stereocenters. The Morgan fingerprint density at radius 2 is 2.07 bits per heavy atom. The Kier molecular flexibility index (Phi) is 6.74. The maximum atomic E-state index is 12.5. The van der Waals surface area contributed by atoms with Crippen molar-refractivity contribution < 1.29 is 9.21 Å². The van der Waals surface area contributed by atoms with Gasteiger partial charge in [0.1, 0.15) is 5.76 Å². The molecule has 0 bridgehead atoms. The lowest BCUT2D eigenvalue weighted by molar-refractivity contribution is -0.127. The van der Waals surface area contributed by atoms with E-state index in [0.29, 0.717) is 24.1 Å². The van der Waals surface area contributed by atoms with Gasteiger partial charge in [0.05, 0.1) is 17.6 Å². The number of hydrogen-bond acceptors (Lipinski definition) is 5. The summed E-state index contributed by atoms with van der Waals surface area (Å²) in [5, 5.41) is 9.24. The van der Waals surface area contributed by atoms with Crippen LogP contribution in [-0.2, 0) is 17.9 Å². The predicted octanol–water partition coefficient (Wildman–Crippen LogP) is 4.55. The monoisotopic (exact) mass is 460 g/mol. The minimum Gasteiger partial charge on any atom is -0.469 e. The molecule has 2 aromatic heterocycles. The Bertz CT molecular complexity index is 965. The van der Waals surface area contributed by atoms with E-state index in [1.54, 1.807) is 24.3 Å². The number of benzene rings is 1. The summed E-state index contributed by atoms with van der Waals surface area (Å²) in [4.78, 5) is 14.3. The van der Waals surface area contributed by atoms with E-state index in [2.05, 4.69) is 32.7 Å². The Labute approximate surface area is 176 Å². The first-order valence-corrected chi connectivity index (χ1v) is 10.5. The zero-order chi connectivity index (χ0) is 20.1. The summed E-state index contributed by atoms with van der Waals surface area (Å²) in [6.45, 7) is 6.81. The molecule has 0 aliphatic heterocycles. The molecule has 8 heteroatoms. The van der Waals surface area contributed by atoms with Crippen molar-refractivity contribution in [3.63, 3.8) is 0 Å². The third kappa shape index (κ3) is 4.74. The average molecular weight is 461 g/mol. The highest BCUT2D eigenvalue weighted by Gasteiger charge is 2.18. The Morgan fingerprint density at radius 3 is 2.71 bits per heavy atom. The molecule has 3 rings (SSSR count). The number of rotatable bonds is 8. The van der Waals surface area contributed by atoms with Crippen molar-refractivity contribution in [2.24, 2.45) is 0 Å². The van der Waals surface area contributed by atoms with Crippen LogP contribution in [0.5, 0.6) is 0 Å². The third-order valence-corrected chi connectivity index (χ3v) is 5.69. The fourth-order valence-corrected chi connectivity index (χ4v) is 3.85. The molecule has 0 fully saturated rings. The van der Waals surface area contributed by atoms with Crippen molar-refractivity contribution >= 4 is 33.6 Å². The standard InChI is InChI=1S/C20H21BrN4O2S/c1-4-10-25-19(17-9-11-27-14(17)2)22-23-20(25)28-13-18(26)24(3)12-15-5-7-16(21)8-6-15/h4-9,11H,1,10,12-13H2,2-3H3. The predicted molar refractivity (Wildman–Crippen MR) is 114 cm³/mol. The van der Waals surface area contributed by atoms with Crippen molar-refractivity contribution in [3.8, 4) is 11.4 Å². The maximum absolute atomic E-state index is 12.5. The number of amides is 1. The van der Waals surface area contributed by atoms with Crippen LogP contribution < -0.4 is 0 Å². The van der Waals surface area contributed by atoms with Crippen LogP contribution in [0.4, 0.5) is 0 Å². The fourth-order valence-electron chi connectivity index (χ4n) is 2.69. The second-order valence-corrected chi connectivity index (χ2v) is 8.12. The van der Waals surface area contributed by atoms with Crippen molar-refractivity contribution in [3.05, 3.63) is 65.0 Å². The van der Waals surface area contributed by atoms with E-state index >= 15 is 0 Å². The molecule has 0 unspecified atom stereocenters. The second kappa shape index (κ2) is 9.25. The molecule has 0 saturated heterocycles. The number of carbonyl (C=O) groups excluding carboxylic acids is 1. The maximum Gasteiger partial charge on any atom is 0.233 e. The van der Waals surface area contributed by atoms with Crippen molar-refractivity contribution in [2.75, 3.05) is 12.8 Å². The summed E-state index contributed by atoms with van der Waals surface area (Å²) in [7, 11) is 1.81. The molecule has 0 radical (unpaired) electrons. The molecule has 1 aromatic carbocycles. The minimum atomic E-state index is 0.0297. The van der Waals surface area contributed by atoms with Crippen molar-refractivity contribution in [2.45, 2.75) is 25.2 Å². The molecule has 0 N–H and O–H groups in total. The summed E-state index contributed by atoms with van der Waals surface area (Å²) < 4.78 is 8.34. The normalized spacial score (nSPS) is 10.8. The van der Waals surface area contributed by atoms with Crippen LogP contribution in [0.15, 0.2) is 63.3 Å². The lowest BCUT2D eigenvalue weighted by Crippen LogP contribution is -2.27. The van der Waals surface area contributed by atoms with Gasteiger partial charge < -0.3 is 9.32 Å². The van der Waals surface area contributed by atoms with E-state index in [-0.39, 0.29) is 11.7 Å². The third-order valence-electron chi connectivity index (χ3n) is 4.21. The smallest absolute Gasteiger partial charge is 0.233 e. The number of halogens is 1. The Hall–Kier alpha value is -2.32. The SMILES string of the molecule is C=CCn1c(SCC(=O)N(C)Cc2ccc(Br)cc2)nnc1-c1ccoc1C. The van der Waals surface area contributed by atoms with Crippen molar-refractivity contribution in [1.82, 2.24) is 19.7 Å². The van der Waals surface area contributed by atoms with E-state index in [0.717, 1.165) is 21.4 Å². The van der Waals surface area contributed by atoms with Crippen LogP contribution in [-0.4, -0.2) is 38.4 Å². The van der Waals surface area contributed by atoms with Gasteiger partial charge in [0.2, 0.25) is 5.91 Å². The highest BCUT2D eigenvalue weighted by molar-refractivity contribution is 9.10. The zero-order valence-electron chi connectivity index (χ0n) is 15.8. The molecule has 28 heavy (non-hydrogen) atoms. The molecule has 1 amide bonds. The molecule has 3 aromatic rings. The average Bonchev–Trinajstić information content (AvgIpc) is 3.27. The van der Waals surface area contributed by atoms with Crippen LogP contribution in [0.2, 0.25) is 0 Å². The first-order valence-electron chi connectivity index (χ1n) is 8.69. The van der Waals surface area contributed by atoms with Gasteiger partial charge in [-0.05, 0) is 30.7 Å². The highest BCUT2D eigenvalue weighted by Crippen LogP contribution is 2.27. The van der Waals surface area contributed by atoms with Gasteiger partial charge in [-0.15, -0.1) is 16.8 Å². The van der Waals surface area contributed by atoms with E-state index in [1.165, 1.54) is 11.8 Å². The van der Waals surface area contributed by atoms with Crippen LogP contribution in [0.3, 0.4) is 0 Å². The zero-order valence-corrected chi connectivity index (χ0v) is 18.2. The molecular weight excluding hydrogens is 440 g/mol.